The van der Waals surface area contributed by atoms with E-state index < -0.39 is 30.9 Å². The third kappa shape index (κ3) is 33.2. The van der Waals surface area contributed by atoms with Crippen LogP contribution in [-0.4, -0.2) is 58.8 Å². The molecule has 0 spiro atoms. The van der Waals surface area contributed by atoms with Crippen molar-refractivity contribution in [2.45, 2.75) is 161 Å². The molecule has 0 bridgehead atoms. The third-order valence-corrected chi connectivity index (χ3v) is 7.69. The summed E-state index contributed by atoms with van der Waals surface area (Å²) in [5.74, 6) is -0.779. The van der Waals surface area contributed by atoms with Gasteiger partial charge in [0.25, 0.3) is 0 Å². The second-order valence-corrected chi connectivity index (χ2v) is 12.3. The van der Waals surface area contributed by atoms with Gasteiger partial charge in [0.15, 0.2) is 6.10 Å². The molecule has 0 aromatic rings. The first-order valence-corrected chi connectivity index (χ1v) is 18.7. The van der Waals surface area contributed by atoms with Gasteiger partial charge >= 0.3 is 11.9 Å². The zero-order valence-electron chi connectivity index (χ0n) is 30.2. The molecule has 0 amide bonds. The summed E-state index contributed by atoms with van der Waals surface area (Å²) in [6.07, 6.45) is 40.3. The average molecular weight is 673 g/mol. The van der Waals surface area contributed by atoms with Gasteiger partial charge in [-0.1, -0.05) is 164 Å². The van der Waals surface area contributed by atoms with E-state index in [2.05, 4.69) is 13.8 Å². The molecule has 0 saturated carbocycles. The molecule has 7 nitrogen and oxygen atoms in total. The number of esters is 2. The SMILES string of the molecule is CC/C=C\C[C@@H](O)/C=C/C=C\C/C=C\C=C\[C@@H](O)/C=C\CCCC(=O)OC[C@H](CO)OC(=O)CCCCCCCCCCCCCCC. The Morgan fingerprint density at radius 1 is 0.625 bits per heavy atom. The molecule has 274 valence electrons. The molecule has 0 aliphatic rings. The van der Waals surface area contributed by atoms with Crippen molar-refractivity contribution in [2.24, 2.45) is 0 Å². The van der Waals surface area contributed by atoms with Crippen molar-refractivity contribution in [3.05, 3.63) is 72.9 Å². The maximum atomic E-state index is 12.1. The fourth-order valence-corrected chi connectivity index (χ4v) is 4.82. The number of aliphatic hydroxyl groups excluding tert-OH is 3. The molecule has 3 atom stereocenters. The molecular formula is C41H68O7. The van der Waals surface area contributed by atoms with Crippen LogP contribution in [-0.2, 0) is 19.1 Å². The Kier molecular flexibility index (Phi) is 33.5. The van der Waals surface area contributed by atoms with Gasteiger partial charge in [0, 0.05) is 12.8 Å². The lowest BCUT2D eigenvalue weighted by Gasteiger charge is -2.15. The number of aliphatic hydroxyl groups is 3. The van der Waals surface area contributed by atoms with Crippen LogP contribution in [0.1, 0.15) is 142 Å². The van der Waals surface area contributed by atoms with Crippen molar-refractivity contribution in [3.63, 3.8) is 0 Å². The predicted octanol–water partition coefficient (Wildman–Crippen LogP) is 9.33. The Balaban J connectivity index is 3.88. The normalized spacial score (nSPS) is 14.4. The number of ether oxygens (including phenoxy) is 2. The molecule has 48 heavy (non-hydrogen) atoms. The Hall–Kier alpha value is -2.74. The van der Waals surface area contributed by atoms with Gasteiger partial charge < -0.3 is 24.8 Å². The summed E-state index contributed by atoms with van der Waals surface area (Å²) >= 11 is 0. The van der Waals surface area contributed by atoms with E-state index in [-0.39, 0.29) is 19.0 Å². The number of allylic oxidation sites excluding steroid dienone is 8. The summed E-state index contributed by atoms with van der Waals surface area (Å²) < 4.78 is 10.5. The van der Waals surface area contributed by atoms with E-state index in [4.69, 9.17) is 9.47 Å². The van der Waals surface area contributed by atoms with Crippen molar-refractivity contribution in [1.82, 2.24) is 0 Å². The summed E-state index contributed by atoms with van der Waals surface area (Å²) in [5.41, 5.74) is 0. The fraction of sp³-hybridized carbons (Fsp3) is 0.659. The fourth-order valence-electron chi connectivity index (χ4n) is 4.82. The monoisotopic (exact) mass is 672 g/mol. The minimum atomic E-state index is -0.843. The topological polar surface area (TPSA) is 113 Å². The Labute approximate surface area is 292 Å². The van der Waals surface area contributed by atoms with Crippen molar-refractivity contribution >= 4 is 11.9 Å². The first kappa shape index (κ1) is 45.3. The van der Waals surface area contributed by atoms with Crippen LogP contribution in [0.4, 0.5) is 0 Å². The van der Waals surface area contributed by atoms with Crippen LogP contribution in [0.3, 0.4) is 0 Å². The first-order chi connectivity index (χ1) is 23.4. The second kappa shape index (κ2) is 35.6. The number of carbonyl (C=O) groups excluding carboxylic acids is 2. The van der Waals surface area contributed by atoms with Crippen molar-refractivity contribution in [2.75, 3.05) is 13.2 Å². The number of hydrogen-bond acceptors (Lipinski definition) is 7. The molecule has 0 unspecified atom stereocenters. The van der Waals surface area contributed by atoms with Gasteiger partial charge in [0.05, 0.1) is 18.8 Å². The number of rotatable bonds is 32. The second-order valence-electron chi connectivity index (χ2n) is 12.3. The molecule has 0 radical (unpaired) electrons. The van der Waals surface area contributed by atoms with Gasteiger partial charge in [0.2, 0.25) is 0 Å². The summed E-state index contributed by atoms with van der Waals surface area (Å²) in [5, 5.41) is 29.4. The maximum Gasteiger partial charge on any atom is 0.306 e. The molecule has 0 rings (SSSR count). The van der Waals surface area contributed by atoms with Gasteiger partial charge in [-0.15, -0.1) is 0 Å². The van der Waals surface area contributed by atoms with E-state index >= 15 is 0 Å². The molecule has 0 aromatic carbocycles. The van der Waals surface area contributed by atoms with E-state index in [9.17, 15) is 24.9 Å². The van der Waals surface area contributed by atoms with Crippen molar-refractivity contribution in [3.8, 4) is 0 Å². The minimum absolute atomic E-state index is 0.154. The molecule has 0 saturated heterocycles. The number of carbonyl (C=O) groups is 2. The van der Waals surface area contributed by atoms with E-state index in [0.717, 1.165) is 32.1 Å². The largest absolute Gasteiger partial charge is 0.462 e. The van der Waals surface area contributed by atoms with Gasteiger partial charge in [-0.05, 0) is 38.5 Å². The van der Waals surface area contributed by atoms with Crippen LogP contribution in [0.2, 0.25) is 0 Å². The summed E-state index contributed by atoms with van der Waals surface area (Å²) in [6, 6.07) is 0. The lowest BCUT2D eigenvalue weighted by atomic mass is 10.0. The van der Waals surface area contributed by atoms with Gasteiger partial charge in [-0.3, -0.25) is 9.59 Å². The maximum absolute atomic E-state index is 12.1. The lowest BCUT2D eigenvalue weighted by Crippen LogP contribution is -2.28. The van der Waals surface area contributed by atoms with Crippen LogP contribution in [0, 0.1) is 0 Å². The standard InChI is InChI=1S/C41H68O7/c1-3-5-7-8-9-10-11-12-13-14-18-21-27-34-41(46)48-39(35-42)36-47-40(45)33-28-22-26-32-38(44)31-25-20-17-15-16-19-24-30-37(43)29-23-6-4-2/h6,16-17,19-20,23-26,30-32,37-39,42-44H,3-5,7-15,18,21-22,27-29,33-36H2,1-2H3/b19-16-,20-17-,23-6-,30-24+,31-25+,32-26-/t37-,38-,39+/m1/s1. The molecule has 7 heteroatoms. The van der Waals surface area contributed by atoms with E-state index in [1.165, 1.54) is 64.2 Å². The zero-order valence-corrected chi connectivity index (χ0v) is 30.2. The predicted molar refractivity (Wildman–Crippen MR) is 198 cm³/mol. The number of unbranched alkanes of at least 4 members (excludes halogenated alkanes) is 13. The molecule has 0 aliphatic carbocycles. The van der Waals surface area contributed by atoms with Crippen LogP contribution in [0.25, 0.3) is 0 Å². The van der Waals surface area contributed by atoms with Gasteiger partial charge in [-0.2, -0.15) is 0 Å². The molecule has 0 aliphatic heterocycles. The Morgan fingerprint density at radius 3 is 1.81 bits per heavy atom. The Morgan fingerprint density at radius 2 is 1.21 bits per heavy atom. The molecular weight excluding hydrogens is 604 g/mol. The van der Waals surface area contributed by atoms with Crippen LogP contribution in [0.15, 0.2) is 72.9 Å². The summed E-state index contributed by atoms with van der Waals surface area (Å²) in [4.78, 5) is 24.2. The smallest absolute Gasteiger partial charge is 0.306 e. The van der Waals surface area contributed by atoms with Gasteiger partial charge in [0.1, 0.15) is 6.61 Å². The van der Waals surface area contributed by atoms with Crippen molar-refractivity contribution in [1.29, 1.82) is 0 Å². The highest BCUT2D eigenvalue weighted by atomic mass is 16.6. The third-order valence-electron chi connectivity index (χ3n) is 7.69. The quantitative estimate of drug-likeness (QED) is 0.0282. The van der Waals surface area contributed by atoms with Gasteiger partial charge in [-0.25, -0.2) is 0 Å². The molecule has 0 fully saturated rings. The lowest BCUT2D eigenvalue weighted by molar-refractivity contribution is -0.161. The highest BCUT2D eigenvalue weighted by Gasteiger charge is 2.16. The first-order valence-electron chi connectivity index (χ1n) is 18.7. The zero-order chi connectivity index (χ0) is 35.3. The number of hydrogen-bond donors (Lipinski definition) is 3. The van der Waals surface area contributed by atoms with Crippen molar-refractivity contribution < 1.29 is 34.4 Å². The van der Waals surface area contributed by atoms with Crippen LogP contribution < -0.4 is 0 Å². The van der Waals surface area contributed by atoms with Crippen LogP contribution >= 0.6 is 0 Å². The van der Waals surface area contributed by atoms with E-state index in [1.807, 2.05) is 48.6 Å². The van der Waals surface area contributed by atoms with E-state index in [0.29, 0.717) is 25.7 Å². The molecule has 0 heterocycles. The molecule has 0 aromatic heterocycles. The summed E-state index contributed by atoms with van der Waals surface area (Å²) in [7, 11) is 0. The van der Waals surface area contributed by atoms with E-state index in [1.54, 1.807) is 24.3 Å². The molecule has 3 N–H and O–H groups in total. The minimum Gasteiger partial charge on any atom is -0.462 e. The highest BCUT2D eigenvalue weighted by Crippen LogP contribution is 2.13. The summed E-state index contributed by atoms with van der Waals surface area (Å²) in [6.45, 7) is 3.77. The highest BCUT2D eigenvalue weighted by molar-refractivity contribution is 5.70. The van der Waals surface area contributed by atoms with Crippen LogP contribution in [0.5, 0.6) is 0 Å². The Bertz CT molecular complexity index is 931. The average Bonchev–Trinajstić information content (AvgIpc) is 3.07.